The molecule has 0 heterocycles. The quantitative estimate of drug-likeness (QED) is 0.332. The number of hydrogen-bond donors (Lipinski definition) is 1. The van der Waals surface area contributed by atoms with E-state index in [1.165, 1.54) is 50.5 Å². The lowest BCUT2D eigenvalue weighted by Crippen LogP contribution is -2.14. The first-order valence-corrected chi connectivity index (χ1v) is 11.0. The van der Waals surface area contributed by atoms with Crippen LogP contribution in [0.1, 0.15) is 57.4 Å². The Bertz CT molecular complexity index is 439. The number of aryl methyl sites for hydroxylation is 1. The summed E-state index contributed by atoms with van der Waals surface area (Å²) in [5, 5.41) is 0. The number of unbranched alkanes of at least 4 members (excludes halogenated alkanes) is 6. The molecule has 28 heavy (non-hydrogen) atoms. The van der Waals surface area contributed by atoms with Gasteiger partial charge in [0.25, 0.3) is 0 Å². The molecule has 0 fully saturated rings. The molecule has 0 unspecified atom stereocenters. The molecular weight excluding hydrogens is 354 g/mol. The van der Waals surface area contributed by atoms with Crippen LogP contribution in [0.2, 0.25) is 0 Å². The van der Waals surface area contributed by atoms with Gasteiger partial charge in [0.15, 0.2) is 0 Å². The number of nitrogens with two attached hydrogens (primary N) is 1. The molecule has 0 saturated heterocycles. The van der Waals surface area contributed by atoms with Crippen LogP contribution in [0, 0.1) is 0 Å². The molecule has 0 saturated carbocycles. The second kappa shape index (κ2) is 19.2. The molecule has 2 N–H and O–H groups in total. The molecule has 0 amide bonds. The first-order valence-electron chi connectivity index (χ1n) is 11.0. The highest BCUT2D eigenvalue weighted by molar-refractivity contribution is 5.27. The summed E-state index contributed by atoms with van der Waals surface area (Å²) < 4.78 is 21.8. The van der Waals surface area contributed by atoms with Crippen LogP contribution in [0.25, 0.3) is 0 Å². The number of rotatable bonds is 20. The van der Waals surface area contributed by atoms with Crippen LogP contribution in [-0.2, 0) is 20.6 Å². The van der Waals surface area contributed by atoms with Crippen molar-refractivity contribution >= 4 is 0 Å². The second-order valence-electron chi connectivity index (χ2n) is 6.99. The summed E-state index contributed by atoms with van der Waals surface area (Å²) in [7, 11) is 0. The fraction of sp³-hybridized carbons (Fsp3) is 0.739. The Kier molecular flexibility index (Phi) is 17.1. The molecule has 1 rings (SSSR count). The van der Waals surface area contributed by atoms with Gasteiger partial charge >= 0.3 is 0 Å². The van der Waals surface area contributed by atoms with E-state index >= 15 is 0 Å². The second-order valence-corrected chi connectivity index (χ2v) is 6.99. The first kappa shape index (κ1) is 24.9. The van der Waals surface area contributed by atoms with Gasteiger partial charge < -0.3 is 24.7 Å². The van der Waals surface area contributed by atoms with E-state index in [9.17, 15) is 0 Å². The molecular formula is C23H41NO4. The van der Waals surface area contributed by atoms with Crippen molar-refractivity contribution in [2.24, 2.45) is 5.73 Å². The zero-order chi connectivity index (χ0) is 20.1. The van der Waals surface area contributed by atoms with E-state index in [0.29, 0.717) is 52.8 Å². The van der Waals surface area contributed by atoms with Crippen LogP contribution in [0.3, 0.4) is 0 Å². The fourth-order valence-corrected chi connectivity index (χ4v) is 2.88. The lowest BCUT2D eigenvalue weighted by atomic mass is 10.0. The van der Waals surface area contributed by atoms with E-state index in [0.717, 1.165) is 12.2 Å². The van der Waals surface area contributed by atoms with Crippen LogP contribution in [0.5, 0.6) is 5.75 Å². The van der Waals surface area contributed by atoms with Crippen LogP contribution < -0.4 is 10.5 Å². The molecule has 0 aromatic heterocycles. The minimum atomic E-state index is 0.547. The summed E-state index contributed by atoms with van der Waals surface area (Å²) in [5.41, 5.74) is 6.72. The van der Waals surface area contributed by atoms with Crippen molar-refractivity contribution in [1.82, 2.24) is 0 Å². The smallest absolute Gasteiger partial charge is 0.119 e. The molecule has 5 heteroatoms. The monoisotopic (exact) mass is 395 g/mol. The molecule has 1 aromatic carbocycles. The van der Waals surface area contributed by atoms with Gasteiger partial charge in [-0.2, -0.15) is 0 Å². The van der Waals surface area contributed by atoms with Crippen molar-refractivity contribution in [3.63, 3.8) is 0 Å². The average molecular weight is 396 g/mol. The van der Waals surface area contributed by atoms with Gasteiger partial charge in [0, 0.05) is 6.54 Å². The van der Waals surface area contributed by atoms with Crippen LogP contribution in [0.15, 0.2) is 24.3 Å². The third-order valence-electron chi connectivity index (χ3n) is 4.49. The minimum Gasteiger partial charge on any atom is -0.491 e. The molecule has 0 aliphatic carbocycles. The molecule has 0 atom stereocenters. The summed E-state index contributed by atoms with van der Waals surface area (Å²) in [6.45, 7) is 6.79. The zero-order valence-electron chi connectivity index (χ0n) is 17.8. The third-order valence-corrected chi connectivity index (χ3v) is 4.49. The van der Waals surface area contributed by atoms with Crippen molar-refractivity contribution in [3.05, 3.63) is 29.8 Å². The molecule has 0 aliphatic rings. The highest BCUT2D eigenvalue weighted by atomic mass is 16.6. The van der Waals surface area contributed by atoms with E-state index in [-0.39, 0.29) is 0 Å². The van der Waals surface area contributed by atoms with E-state index in [2.05, 4.69) is 31.2 Å². The summed E-state index contributed by atoms with van der Waals surface area (Å²) in [6, 6.07) is 8.46. The summed E-state index contributed by atoms with van der Waals surface area (Å²) in [5.74, 6) is 0.903. The SMILES string of the molecule is CCCCCCCCCc1ccc(OCCOCCOCCOCCN)cc1. The minimum absolute atomic E-state index is 0.547. The molecule has 162 valence electrons. The van der Waals surface area contributed by atoms with Gasteiger partial charge in [0.1, 0.15) is 12.4 Å². The van der Waals surface area contributed by atoms with Crippen LogP contribution in [0.4, 0.5) is 0 Å². The molecule has 0 aliphatic heterocycles. The average Bonchev–Trinajstić information content (AvgIpc) is 2.72. The largest absolute Gasteiger partial charge is 0.491 e. The van der Waals surface area contributed by atoms with Crippen LogP contribution in [-0.4, -0.2) is 52.8 Å². The maximum absolute atomic E-state index is 5.72. The van der Waals surface area contributed by atoms with E-state index in [1.54, 1.807) is 0 Å². The number of benzene rings is 1. The van der Waals surface area contributed by atoms with Gasteiger partial charge in [0.2, 0.25) is 0 Å². The predicted octanol–water partition coefficient (Wildman–Crippen LogP) is 4.37. The lowest BCUT2D eigenvalue weighted by Gasteiger charge is -2.09. The van der Waals surface area contributed by atoms with E-state index in [1.807, 2.05) is 0 Å². The Hall–Kier alpha value is -1.14. The molecule has 0 bridgehead atoms. The Balaban J connectivity index is 1.93. The summed E-state index contributed by atoms with van der Waals surface area (Å²) >= 11 is 0. The molecule has 0 radical (unpaired) electrons. The molecule has 0 spiro atoms. The first-order chi connectivity index (χ1) is 13.9. The van der Waals surface area contributed by atoms with Gasteiger partial charge in [-0.05, 0) is 30.5 Å². The number of hydrogen-bond acceptors (Lipinski definition) is 5. The predicted molar refractivity (Wildman–Crippen MR) is 115 cm³/mol. The van der Waals surface area contributed by atoms with Gasteiger partial charge in [-0.15, -0.1) is 0 Å². The van der Waals surface area contributed by atoms with Crippen molar-refractivity contribution in [2.45, 2.75) is 58.3 Å². The van der Waals surface area contributed by atoms with Crippen LogP contribution >= 0.6 is 0 Å². The summed E-state index contributed by atoms with van der Waals surface area (Å²) in [4.78, 5) is 0. The Labute approximate surface area is 171 Å². The Morgan fingerprint density at radius 3 is 1.79 bits per heavy atom. The van der Waals surface area contributed by atoms with Crippen molar-refractivity contribution < 1.29 is 18.9 Å². The highest BCUT2D eigenvalue weighted by Gasteiger charge is 1.98. The lowest BCUT2D eigenvalue weighted by molar-refractivity contribution is 0.0106. The molecule has 1 aromatic rings. The van der Waals surface area contributed by atoms with Crippen molar-refractivity contribution in [1.29, 1.82) is 0 Å². The van der Waals surface area contributed by atoms with Crippen molar-refractivity contribution in [2.75, 3.05) is 52.8 Å². The summed E-state index contributed by atoms with van der Waals surface area (Å²) in [6.07, 6.45) is 10.6. The fourth-order valence-electron chi connectivity index (χ4n) is 2.88. The van der Waals surface area contributed by atoms with Gasteiger partial charge in [-0.3, -0.25) is 0 Å². The molecule has 5 nitrogen and oxygen atoms in total. The normalized spacial score (nSPS) is 11.1. The van der Waals surface area contributed by atoms with Gasteiger partial charge in [0.05, 0.1) is 39.6 Å². The van der Waals surface area contributed by atoms with Gasteiger partial charge in [-0.25, -0.2) is 0 Å². The Morgan fingerprint density at radius 1 is 0.643 bits per heavy atom. The highest BCUT2D eigenvalue weighted by Crippen LogP contribution is 2.15. The number of ether oxygens (including phenoxy) is 4. The van der Waals surface area contributed by atoms with Crippen molar-refractivity contribution in [3.8, 4) is 5.75 Å². The topological polar surface area (TPSA) is 62.9 Å². The maximum Gasteiger partial charge on any atom is 0.119 e. The standard InChI is InChI=1S/C23H41NO4/c1-2-3-4-5-6-7-8-9-22-10-12-23(13-11-22)28-21-20-27-19-18-26-17-16-25-15-14-24/h10-13H,2-9,14-21,24H2,1H3. The van der Waals surface area contributed by atoms with Gasteiger partial charge in [-0.1, -0.05) is 57.6 Å². The zero-order valence-corrected chi connectivity index (χ0v) is 17.8. The Morgan fingerprint density at radius 2 is 1.18 bits per heavy atom. The van der Waals surface area contributed by atoms with E-state index in [4.69, 9.17) is 24.7 Å². The van der Waals surface area contributed by atoms with E-state index < -0.39 is 0 Å². The maximum atomic E-state index is 5.72. The third kappa shape index (κ3) is 14.9.